The number of hydrogen-bond donors (Lipinski definition) is 3. The van der Waals surface area contributed by atoms with Gasteiger partial charge in [0.1, 0.15) is 18.3 Å². The molecule has 0 fully saturated rings. The van der Waals surface area contributed by atoms with E-state index < -0.39 is 35.7 Å². The molecule has 0 saturated heterocycles. The number of carbonyl (C=O) groups excluding carboxylic acids is 3. The van der Waals surface area contributed by atoms with Crippen molar-refractivity contribution >= 4 is 17.3 Å². The predicted molar refractivity (Wildman–Crippen MR) is 53.5 cm³/mol. The van der Waals surface area contributed by atoms with E-state index in [2.05, 4.69) is 0 Å². The summed E-state index contributed by atoms with van der Waals surface area (Å²) in [7, 11) is 0. The van der Waals surface area contributed by atoms with E-state index in [0.717, 1.165) is 26.0 Å². The molecule has 0 radical (unpaired) electrons. The smallest absolute Gasteiger partial charge is 0.230 e. The Balaban J connectivity index is 4.44. The van der Waals surface area contributed by atoms with E-state index >= 15 is 0 Å². The number of aliphatic hydroxyl groups excluding tert-OH is 3. The Labute approximate surface area is 92.2 Å². The van der Waals surface area contributed by atoms with Gasteiger partial charge < -0.3 is 15.3 Å². The molecule has 3 unspecified atom stereocenters. The van der Waals surface area contributed by atoms with Gasteiger partial charge in [0.25, 0.3) is 0 Å². The zero-order valence-electron chi connectivity index (χ0n) is 8.95. The highest BCUT2D eigenvalue weighted by Gasteiger charge is 2.20. The SMILES string of the molecule is CC(=O)C(=O)C(O)/C=C/C(O)C(O)C(C)=O. The quantitative estimate of drug-likeness (QED) is 0.373. The fraction of sp³-hybridized carbons (Fsp3) is 0.500. The van der Waals surface area contributed by atoms with E-state index in [0.29, 0.717) is 0 Å². The Hall–Kier alpha value is -1.37. The van der Waals surface area contributed by atoms with Gasteiger partial charge in [-0.2, -0.15) is 0 Å². The van der Waals surface area contributed by atoms with Gasteiger partial charge in [-0.3, -0.25) is 14.4 Å². The summed E-state index contributed by atoms with van der Waals surface area (Å²) < 4.78 is 0. The first-order chi connectivity index (χ1) is 7.27. The van der Waals surface area contributed by atoms with Gasteiger partial charge in [0.15, 0.2) is 11.6 Å². The largest absolute Gasteiger partial charge is 0.386 e. The first kappa shape index (κ1) is 14.6. The molecular weight excluding hydrogens is 216 g/mol. The van der Waals surface area contributed by atoms with E-state index in [9.17, 15) is 19.5 Å². The second-order valence-corrected chi connectivity index (χ2v) is 3.30. The standard InChI is InChI=1S/C10H14O6/c1-5(11)9(15)7(13)3-4-8(14)10(16)6(2)12/h3-4,7-9,13-15H,1-2H3/b4-3+. The Morgan fingerprint density at radius 1 is 1.00 bits per heavy atom. The molecule has 6 heteroatoms. The third-order valence-electron chi connectivity index (χ3n) is 1.85. The van der Waals surface area contributed by atoms with Crippen molar-refractivity contribution in [1.82, 2.24) is 0 Å². The highest BCUT2D eigenvalue weighted by Crippen LogP contribution is 1.99. The maximum atomic E-state index is 10.9. The van der Waals surface area contributed by atoms with Crippen LogP contribution in [0, 0.1) is 0 Å². The molecule has 0 aromatic heterocycles. The van der Waals surface area contributed by atoms with Gasteiger partial charge in [-0.05, 0) is 13.0 Å². The molecule has 3 N–H and O–H groups in total. The van der Waals surface area contributed by atoms with Gasteiger partial charge in [-0.15, -0.1) is 0 Å². The molecule has 0 bridgehead atoms. The van der Waals surface area contributed by atoms with Gasteiger partial charge in [-0.25, -0.2) is 0 Å². The van der Waals surface area contributed by atoms with Crippen LogP contribution >= 0.6 is 0 Å². The molecule has 16 heavy (non-hydrogen) atoms. The number of ketones is 3. The number of rotatable bonds is 6. The first-order valence-corrected chi connectivity index (χ1v) is 4.55. The summed E-state index contributed by atoms with van der Waals surface area (Å²) in [6.45, 7) is 2.08. The van der Waals surface area contributed by atoms with Crippen LogP contribution in [0.4, 0.5) is 0 Å². The van der Waals surface area contributed by atoms with Crippen LogP contribution in [0.2, 0.25) is 0 Å². The summed E-state index contributed by atoms with van der Waals surface area (Å²) in [6, 6.07) is 0. The van der Waals surface area contributed by atoms with Crippen molar-refractivity contribution in [1.29, 1.82) is 0 Å². The van der Waals surface area contributed by atoms with Crippen LogP contribution in [0.25, 0.3) is 0 Å². The van der Waals surface area contributed by atoms with Crippen molar-refractivity contribution in [2.75, 3.05) is 0 Å². The molecule has 0 spiro atoms. The Kier molecular flexibility index (Phi) is 5.73. The van der Waals surface area contributed by atoms with Crippen LogP contribution in [-0.4, -0.2) is 51.0 Å². The molecule has 0 heterocycles. The fourth-order valence-electron chi connectivity index (χ4n) is 0.860. The van der Waals surface area contributed by atoms with Crippen molar-refractivity contribution in [3.8, 4) is 0 Å². The topological polar surface area (TPSA) is 112 Å². The number of hydrogen-bond acceptors (Lipinski definition) is 6. The van der Waals surface area contributed by atoms with Gasteiger partial charge in [0.05, 0.1) is 0 Å². The van der Waals surface area contributed by atoms with Crippen molar-refractivity contribution in [2.45, 2.75) is 32.2 Å². The Morgan fingerprint density at radius 2 is 1.50 bits per heavy atom. The molecule has 6 nitrogen and oxygen atoms in total. The summed E-state index contributed by atoms with van der Waals surface area (Å²) >= 11 is 0. The molecule has 0 aliphatic heterocycles. The van der Waals surface area contributed by atoms with Gasteiger partial charge in [-0.1, -0.05) is 6.08 Å². The highest BCUT2D eigenvalue weighted by atomic mass is 16.3. The second-order valence-electron chi connectivity index (χ2n) is 3.30. The molecule has 0 aromatic rings. The van der Waals surface area contributed by atoms with Gasteiger partial charge >= 0.3 is 0 Å². The van der Waals surface area contributed by atoms with Crippen molar-refractivity contribution < 1.29 is 29.7 Å². The highest BCUT2D eigenvalue weighted by molar-refractivity contribution is 6.38. The fourth-order valence-corrected chi connectivity index (χ4v) is 0.860. The Morgan fingerprint density at radius 3 is 1.88 bits per heavy atom. The minimum atomic E-state index is -1.67. The van der Waals surface area contributed by atoms with E-state index in [1.807, 2.05) is 0 Å². The normalized spacial score (nSPS) is 16.8. The average molecular weight is 230 g/mol. The Bertz CT molecular complexity index is 319. The molecule has 0 amide bonds. The van der Waals surface area contributed by atoms with E-state index in [-0.39, 0.29) is 0 Å². The second kappa shape index (κ2) is 6.26. The molecule has 0 rings (SSSR count). The maximum Gasteiger partial charge on any atom is 0.230 e. The van der Waals surface area contributed by atoms with E-state index in [1.165, 1.54) is 0 Å². The number of aliphatic hydroxyl groups is 3. The molecular formula is C10H14O6. The summed E-state index contributed by atoms with van der Waals surface area (Å²) in [5, 5.41) is 27.4. The van der Waals surface area contributed by atoms with Crippen molar-refractivity contribution in [3.63, 3.8) is 0 Å². The van der Waals surface area contributed by atoms with Crippen LogP contribution < -0.4 is 0 Å². The molecule has 0 saturated carbocycles. The van der Waals surface area contributed by atoms with Gasteiger partial charge in [0.2, 0.25) is 5.78 Å². The van der Waals surface area contributed by atoms with Gasteiger partial charge in [0, 0.05) is 6.92 Å². The third kappa shape index (κ3) is 4.43. The van der Waals surface area contributed by atoms with Crippen LogP contribution in [-0.2, 0) is 14.4 Å². The van der Waals surface area contributed by atoms with Crippen molar-refractivity contribution in [3.05, 3.63) is 12.2 Å². The summed E-state index contributed by atoms with van der Waals surface area (Å²) in [5.74, 6) is -2.50. The summed E-state index contributed by atoms with van der Waals surface area (Å²) in [4.78, 5) is 32.1. The third-order valence-corrected chi connectivity index (χ3v) is 1.85. The van der Waals surface area contributed by atoms with Crippen LogP contribution in [0.5, 0.6) is 0 Å². The van der Waals surface area contributed by atoms with E-state index in [1.54, 1.807) is 0 Å². The minimum absolute atomic E-state index is 0.649. The molecule has 0 aromatic carbocycles. The predicted octanol–water partition coefficient (Wildman–Crippen LogP) is -1.63. The molecule has 3 atom stereocenters. The lowest BCUT2D eigenvalue weighted by molar-refractivity contribution is -0.139. The van der Waals surface area contributed by atoms with E-state index in [4.69, 9.17) is 10.2 Å². The number of carbonyl (C=O) groups is 3. The molecule has 0 aliphatic rings. The van der Waals surface area contributed by atoms with Crippen LogP contribution in [0.3, 0.4) is 0 Å². The lowest BCUT2D eigenvalue weighted by atomic mass is 10.1. The number of Topliss-reactive ketones (excluding diaryl/α,β-unsaturated/α-hetero) is 3. The van der Waals surface area contributed by atoms with Crippen molar-refractivity contribution in [2.24, 2.45) is 0 Å². The zero-order chi connectivity index (χ0) is 12.9. The molecule has 0 aliphatic carbocycles. The minimum Gasteiger partial charge on any atom is -0.386 e. The monoisotopic (exact) mass is 230 g/mol. The maximum absolute atomic E-state index is 10.9. The lowest BCUT2D eigenvalue weighted by Gasteiger charge is -2.11. The summed E-state index contributed by atoms with van der Waals surface area (Å²) in [6.07, 6.45) is -3.08. The zero-order valence-corrected chi connectivity index (χ0v) is 8.95. The molecule has 90 valence electrons. The average Bonchev–Trinajstić information content (AvgIpc) is 2.22. The lowest BCUT2D eigenvalue weighted by Crippen LogP contribution is -2.31. The van der Waals surface area contributed by atoms with Crippen LogP contribution in [0.15, 0.2) is 12.2 Å². The first-order valence-electron chi connectivity index (χ1n) is 4.55. The van der Waals surface area contributed by atoms with Crippen LogP contribution in [0.1, 0.15) is 13.8 Å². The summed E-state index contributed by atoms with van der Waals surface area (Å²) in [5.41, 5.74) is 0.